The van der Waals surface area contributed by atoms with Crippen LogP contribution < -0.4 is 5.32 Å². The zero-order chi connectivity index (χ0) is 14.0. The number of benzene rings is 1. The number of thiophene rings is 1. The molecule has 0 radical (unpaired) electrons. The van der Waals surface area contributed by atoms with Crippen LogP contribution in [0.5, 0.6) is 0 Å². The van der Waals surface area contributed by atoms with Crippen LogP contribution in [0, 0.1) is 0 Å². The number of rotatable bonds is 3. The second-order valence-corrected chi connectivity index (χ2v) is 6.13. The van der Waals surface area contributed by atoms with Crippen molar-refractivity contribution in [3.8, 4) is 0 Å². The van der Waals surface area contributed by atoms with E-state index < -0.39 is 5.97 Å². The first kappa shape index (κ1) is 14.0. The van der Waals surface area contributed by atoms with Crippen LogP contribution in [0.2, 0.25) is 4.34 Å². The molecule has 2 N–H and O–H groups in total. The third-order valence-corrected chi connectivity index (χ3v) is 4.15. The van der Waals surface area contributed by atoms with Gasteiger partial charge in [-0.2, -0.15) is 0 Å². The van der Waals surface area contributed by atoms with Crippen molar-refractivity contribution in [2.45, 2.75) is 0 Å². The van der Waals surface area contributed by atoms with E-state index >= 15 is 0 Å². The van der Waals surface area contributed by atoms with Crippen LogP contribution in [0.3, 0.4) is 0 Å². The fourth-order valence-corrected chi connectivity index (χ4v) is 2.79. The maximum atomic E-state index is 11.9. The quantitative estimate of drug-likeness (QED) is 0.865. The molecule has 19 heavy (non-hydrogen) atoms. The summed E-state index contributed by atoms with van der Waals surface area (Å²) in [4.78, 5) is 23.2. The smallest absolute Gasteiger partial charge is 0.335 e. The average Bonchev–Trinajstić information content (AvgIpc) is 2.78. The SMILES string of the molecule is O=C(O)c1ccc(NC(=O)c2ccc(Cl)s2)c(Br)c1. The highest BCUT2D eigenvalue weighted by Gasteiger charge is 2.12. The highest BCUT2D eigenvalue weighted by molar-refractivity contribution is 9.10. The normalized spacial score (nSPS) is 10.2. The van der Waals surface area contributed by atoms with Crippen molar-refractivity contribution in [1.29, 1.82) is 0 Å². The van der Waals surface area contributed by atoms with Crippen molar-refractivity contribution in [2.75, 3.05) is 5.32 Å². The van der Waals surface area contributed by atoms with E-state index in [9.17, 15) is 9.59 Å². The lowest BCUT2D eigenvalue weighted by Gasteiger charge is -2.06. The Kier molecular flexibility index (Phi) is 4.24. The summed E-state index contributed by atoms with van der Waals surface area (Å²) in [7, 11) is 0. The van der Waals surface area contributed by atoms with Gasteiger partial charge in [0.05, 0.1) is 20.5 Å². The summed E-state index contributed by atoms with van der Waals surface area (Å²) in [5, 5.41) is 11.5. The van der Waals surface area contributed by atoms with E-state index in [1.807, 2.05) is 0 Å². The second kappa shape index (κ2) is 5.73. The fourth-order valence-electron chi connectivity index (χ4n) is 1.37. The number of hydrogen-bond donors (Lipinski definition) is 2. The number of carbonyl (C=O) groups excluding carboxylic acids is 1. The summed E-state index contributed by atoms with van der Waals surface area (Å²) in [5.41, 5.74) is 0.642. The van der Waals surface area contributed by atoms with Gasteiger partial charge in [-0.25, -0.2) is 4.79 Å². The van der Waals surface area contributed by atoms with E-state index in [-0.39, 0.29) is 11.5 Å². The van der Waals surface area contributed by atoms with Crippen LogP contribution >= 0.6 is 38.9 Å². The van der Waals surface area contributed by atoms with Crippen molar-refractivity contribution in [1.82, 2.24) is 0 Å². The number of nitrogens with one attached hydrogen (secondary N) is 1. The number of carboxylic acid groups (broad SMARTS) is 1. The highest BCUT2D eigenvalue weighted by Crippen LogP contribution is 2.26. The molecule has 0 saturated heterocycles. The van der Waals surface area contributed by atoms with Gasteiger partial charge in [0.1, 0.15) is 0 Å². The third kappa shape index (κ3) is 3.34. The number of aromatic carboxylic acids is 1. The molecule has 0 spiro atoms. The van der Waals surface area contributed by atoms with E-state index in [2.05, 4.69) is 21.2 Å². The number of hydrogen-bond acceptors (Lipinski definition) is 3. The molecule has 98 valence electrons. The standard InChI is InChI=1S/C12H7BrClNO3S/c13-7-5-6(12(17)18)1-2-8(7)15-11(16)9-3-4-10(14)19-9/h1-5H,(H,15,16)(H,17,18). The molecule has 1 heterocycles. The minimum Gasteiger partial charge on any atom is -0.478 e. The zero-order valence-corrected chi connectivity index (χ0v) is 12.5. The van der Waals surface area contributed by atoms with Crippen LogP contribution in [-0.2, 0) is 0 Å². The number of carbonyl (C=O) groups is 2. The summed E-state index contributed by atoms with van der Waals surface area (Å²) in [6.07, 6.45) is 0. The van der Waals surface area contributed by atoms with Gasteiger partial charge in [0.25, 0.3) is 5.91 Å². The van der Waals surface area contributed by atoms with Crippen LogP contribution in [0.15, 0.2) is 34.8 Å². The first-order valence-corrected chi connectivity index (χ1v) is 7.05. The van der Waals surface area contributed by atoms with Crippen molar-refractivity contribution in [3.05, 3.63) is 49.6 Å². The van der Waals surface area contributed by atoms with E-state index in [4.69, 9.17) is 16.7 Å². The van der Waals surface area contributed by atoms with Gasteiger partial charge in [0.15, 0.2) is 0 Å². The molecule has 1 amide bonds. The number of carboxylic acids is 1. The largest absolute Gasteiger partial charge is 0.478 e. The molecule has 0 bridgehead atoms. The molecule has 1 aromatic carbocycles. The molecule has 0 fully saturated rings. The molecular formula is C12H7BrClNO3S. The summed E-state index contributed by atoms with van der Waals surface area (Å²) >= 11 is 10.2. The fraction of sp³-hybridized carbons (Fsp3) is 0. The summed E-state index contributed by atoms with van der Waals surface area (Å²) < 4.78 is 1.04. The van der Waals surface area contributed by atoms with Crippen molar-refractivity contribution in [2.24, 2.45) is 0 Å². The third-order valence-electron chi connectivity index (χ3n) is 2.26. The van der Waals surface area contributed by atoms with Crippen molar-refractivity contribution in [3.63, 3.8) is 0 Å². The van der Waals surface area contributed by atoms with Crippen LogP contribution in [0.1, 0.15) is 20.0 Å². The van der Waals surface area contributed by atoms with Gasteiger partial charge < -0.3 is 10.4 Å². The van der Waals surface area contributed by atoms with Gasteiger partial charge in [-0.05, 0) is 46.3 Å². The van der Waals surface area contributed by atoms with Crippen LogP contribution in [0.4, 0.5) is 5.69 Å². The van der Waals surface area contributed by atoms with Crippen LogP contribution in [-0.4, -0.2) is 17.0 Å². The van der Waals surface area contributed by atoms with E-state index in [1.54, 1.807) is 12.1 Å². The Morgan fingerprint density at radius 1 is 1.26 bits per heavy atom. The lowest BCUT2D eigenvalue weighted by molar-refractivity contribution is 0.0696. The maximum absolute atomic E-state index is 11.9. The van der Waals surface area contributed by atoms with Crippen molar-refractivity contribution >= 4 is 56.4 Å². The lowest BCUT2D eigenvalue weighted by Crippen LogP contribution is -2.11. The monoisotopic (exact) mass is 359 g/mol. The Bertz CT molecular complexity index is 656. The lowest BCUT2D eigenvalue weighted by atomic mass is 10.2. The van der Waals surface area contributed by atoms with Gasteiger partial charge in [-0.1, -0.05) is 11.6 Å². The molecule has 0 aliphatic heterocycles. The molecule has 0 aliphatic carbocycles. The Morgan fingerprint density at radius 3 is 2.53 bits per heavy atom. The maximum Gasteiger partial charge on any atom is 0.335 e. The molecule has 2 aromatic rings. The van der Waals surface area contributed by atoms with Crippen LogP contribution in [0.25, 0.3) is 0 Å². The summed E-state index contributed by atoms with van der Waals surface area (Å²) in [6, 6.07) is 7.65. The summed E-state index contributed by atoms with van der Waals surface area (Å²) in [5.74, 6) is -1.32. The van der Waals surface area contributed by atoms with Gasteiger partial charge in [0.2, 0.25) is 0 Å². The molecule has 1 aromatic heterocycles. The van der Waals surface area contributed by atoms with E-state index in [0.717, 1.165) is 0 Å². The minimum absolute atomic E-state index is 0.143. The average molecular weight is 361 g/mol. The minimum atomic E-state index is -1.02. The summed E-state index contributed by atoms with van der Waals surface area (Å²) in [6.45, 7) is 0. The number of anilines is 1. The van der Waals surface area contributed by atoms with Gasteiger partial charge in [-0.3, -0.25) is 4.79 Å². The molecule has 0 unspecified atom stereocenters. The first-order chi connectivity index (χ1) is 8.97. The topological polar surface area (TPSA) is 66.4 Å². The van der Waals surface area contributed by atoms with E-state index in [0.29, 0.717) is 19.4 Å². The van der Waals surface area contributed by atoms with Gasteiger partial charge in [0, 0.05) is 4.47 Å². The molecule has 0 aliphatic rings. The predicted molar refractivity (Wildman–Crippen MR) is 78.4 cm³/mol. The zero-order valence-electron chi connectivity index (χ0n) is 9.31. The molecule has 7 heteroatoms. The predicted octanol–water partition coefficient (Wildman–Crippen LogP) is 4.11. The Morgan fingerprint density at radius 2 is 2.00 bits per heavy atom. The first-order valence-electron chi connectivity index (χ1n) is 5.07. The molecule has 0 atom stereocenters. The Balaban J connectivity index is 2.20. The Labute approximate surface area is 126 Å². The highest BCUT2D eigenvalue weighted by atomic mass is 79.9. The van der Waals surface area contributed by atoms with Crippen molar-refractivity contribution < 1.29 is 14.7 Å². The number of amides is 1. The Hall–Kier alpha value is -1.37. The van der Waals surface area contributed by atoms with Gasteiger partial charge >= 0.3 is 5.97 Å². The molecule has 2 rings (SSSR count). The molecular weight excluding hydrogens is 354 g/mol. The molecule has 4 nitrogen and oxygen atoms in total. The number of halogens is 2. The second-order valence-electron chi connectivity index (χ2n) is 3.56. The van der Waals surface area contributed by atoms with E-state index in [1.165, 1.54) is 29.5 Å². The molecule has 0 saturated carbocycles. The van der Waals surface area contributed by atoms with Gasteiger partial charge in [-0.15, -0.1) is 11.3 Å².